The molecule has 2 N–H and O–H groups in total. The standard InChI is InChI=1S/C12H26N2O/c1-4-14(11-6-7-11)9-5-8-12(2,10-15)13-3/h11,13,15H,4-10H2,1-3H3. The van der Waals surface area contributed by atoms with Crippen LogP contribution in [0.2, 0.25) is 0 Å². The van der Waals surface area contributed by atoms with Gasteiger partial charge in [0, 0.05) is 11.6 Å². The van der Waals surface area contributed by atoms with Gasteiger partial charge in [-0.15, -0.1) is 0 Å². The SMILES string of the molecule is CCN(CCCC(C)(CO)NC)C1CC1. The highest BCUT2D eigenvalue weighted by Crippen LogP contribution is 2.27. The van der Waals surface area contributed by atoms with E-state index in [2.05, 4.69) is 24.1 Å². The van der Waals surface area contributed by atoms with Crippen molar-refractivity contribution in [3.05, 3.63) is 0 Å². The minimum Gasteiger partial charge on any atom is -0.394 e. The molecule has 0 aromatic heterocycles. The Morgan fingerprint density at radius 2 is 2.13 bits per heavy atom. The maximum Gasteiger partial charge on any atom is 0.0610 e. The van der Waals surface area contributed by atoms with E-state index < -0.39 is 0 Å². The molecule has 1 atom stereocenters. The predicted octanol–water partition coefficient (Wildman–Crippen LogP) is 1.22. The monoisotopic (exact) mass is 214 g/mol. The molecule has 0 saturated heterocycles. The molecule has 1 saturated carbocycles. The van der Waals surface area contributed by atoms with E-state index in [1.807, 2.05) is 7.05 Å². The van der Waals surface area contributed by atoms with Gasteiger partial charge in [-0.25, -0.2) is 0 Å². The van der Waals surface area contributed by atoms with Gasteiger partial charge in [-0.2, -0.15) is 0 Å². The summed E-state index contributed by atoms with van der Waals surface area (Å²) in [6.07, 6.45) is 4.99. The van der Waals surface area contributed by atoms with Gasteiger partial charge < -0.3 is 15.3 Å². The zero-order chi connectivity index (χ0) is 11.3. The van der Waals surface area contributed by atoms with Crippen LogP contribution >= 0.6 is 0 Å². The van der Waals surface area contributed by atoms with Gasteiger partial charge >= 0.3 is 0 Å². The van der Waals surface area contributed by atoms with Crippen LogP contribution in [-0.4, -0.2) is 48.3 Å². The smallest absolute Gasteiger partial charge is 0.0610 e. The molecular formula is C12H26N2O. The summed E-state index contributed by atoms with van der Waals surface area (Å²) in [5.41, 5.74) is -0.0943. The second-order valence-corrected chi connectivity index (χ2v) is 4.93. The predicted molar refractivity (Wildman–Crippen MR) is 64.1 cm³/mol. The van der Waals surface area contributed by atoms with E-state index in [1.54, 1.807) is 0 Å². The van der Waals surface area contributed by atoms with Gasteiger partial charge in [-0.1, -0.05) is 6.92 Å². The Bertz CT molecular complexity index is 176. The van der Waals surface area contributed by atoms with E-state index in [9.17, 15) is 5.11 Å². The average molecular weight is 214 g/mol. The van der Waals surface area contributed by atoms with Gasteiger partial charge in [-0.05, 0) is 52.7 Å². The Balaban J connectivity index is 2.18. The lowest BCUT2D eigenvalue weighted by Gasteiger charge is -2.28. The molecule has 0 heterocycles. The highest BCUT2D eigenvalue weighted by molar-refractivity contribution is 4.85. The Morgan fingerprint density at radius 1 is 1.47 bits per heavy atom. The van der Waals surface area contributed by atoms with E-state index >= 15 is 0 Å². The van der Waals surface area contributed by atoms with E-state index in [1.165, 1.54) is 32.4 Å². The summed E-state index contributed by atoms with van der Waals surface area (Å²) in [6.45, 7) is 6.89. The molecule has 90 valence electrons. The zero-order valence-electron chi connectivity index (χ0n) is 10.4. The van der Waals surface area contributed by atoms with Crippen LogP contribution in [0.15, 0.2) is 0 Å². The van der Waals surface area contributed by atoms with Gasteiger partial charge in [0.2, 0.25) is 0 Å². The Labute approximate surface area is 93.9 Å². The van der Waals surface area contributed by atoms with Crippen molar-refractivity contribution in [2.75, 3.05) is 26.7 Å². The molecule has 1 aliphatic rings. The maximum atomic E-state index is 9.25. The fraction of sp³-hybridized carbons (Fsp3) is 1.00. The number of aliphatic hydroxyl groups is 1. The fourth-order valence-corrected chi connectivity index (χ4v) is 1.99. The lowest BCUT2D eigenvalue weighted by Crippen LogP contribution is -2.44. The number of nitrogens with one attached hydrogen (secondary N) is 1. The van der Waals surface area contributed by atoms with Crippen molar-refractivity contribution in [3.8, 4) is 0 Å². The van der Waals surface area contributed by atoms with Crippen LogP contribution in [0.25, 0.3) is 0 Å². The summed E-state index contributed by atoms with van der Waals surface area (Å²) in [4.78, 5) is 2.56. The first-order valence-electron chi connectivity index (χ1n) is 6.19. The van der Waals surface area contributed by atoms with Gasteiger partial charge in [0.25, 0.3) is 0 Å². The summed E-state index contributed by atoms with van der Waals surface area (Å²) in [6, 6.07) is 0.866. The van der Waals surface area contributed by atoms with Gasteiger partial charge in [0.05, 0.1) is 6.61 Å². The second kappa shape index (κ2) is 5.83. The largest absolute Gasteiger partial charge is 0.394 e. The summed E-state index contributed by atoms with van der Waals surface area (Å²) in [5.74, 6) is 0. The molecule has 0 aliphatic heterocycles. The molecule has 1 aliphatic carbocycles. The van der Waals surface area contributed by atoms with Crippen LogP contribution < -0.4 is 5.32 Å². The highest BCUT2D eigenvalue weighted by atomic mass is 16.3. The second-order valence-electron chi connectivity index (χ2n) is 4.93. The number of likely N-dealkylation sites (N-methyl/N-ethyl adjacent to an activating group) is 1. The lowest BCUT2D eigenvalue weighted by molar-refractivity contribution is 0.163. The topological polar surface area (TPSA) is 35.5 Å². The third kappa shape index (κ3) is 4.09. The van der Waals surface area contributed by atoms with Gasteiger partial charge in [0.1, 0.15) is 0 Å². The summed E-state index contributed by atoms with van der Waals surface area (Å²) in [7, 11) is 1.93. The van der Waals surface area contributed by atoms with Gasteiger partial charge in [-0.3, -0.25) is 0 Å². The first-order chi connectivity index (χ1) is 7.15. The summed E-state index contributed by atoms with van der Waals surface area (Å²) < 4.78 is 0. The minimum atomic E-state index is -0.0943. The molecule has 0 bridgehead atoms. The number of aliphatic hydroxyl groups excluding tert-OH is 1. The lowest BCUT2D eigenvalue weighted by atomic mass is 9.97. The first kappa shape index (κ1) is 12.9. The third-order valence-electron chi connectivity index (χ3n) is 3.60. The van der Waals surface area contributed by atoms with Crippen molar-refractivity contribution in [1.82, 2.24) is 10.2 Å². The summed E-state index contributed by atoms with van der Waals surface area (Å²) >= 11 is 0. The Morgan fingerprint density at radius 3 is 2.53 bits per heavy atom. The average Bonchev–Trinajstić information content (AvgIpc) is 3.08. The quantitative estimate of drug-likeness (QED) is 0.638. The van der Waals surface area contributed by atoms with E-state index in [-0.39, 0.29) is 12.1 Å². The molecule has 0 amide bonds. The van der Waals surface area contributed by atoms with Crippen LogP contribution in [-0.2, 0) is 0 Å². The first-order valence-corrected chi connectivity index (χ1v) is 6.19. The molecule has 1 fully saturated rings. The third-order valence-corrected chi connectivity index (χ3v) is 3.60. The summed E-state index contributed by atoms with van der Waals surface area (Å²) in [5, 5.41) is 12.4. The van der Waals surface area contributed by atoms with Crippen LogP contribution in [0.3, 0.4) is 0 Å². The van der Waals surface area contributed by atoms with Crippen LogP contribution in [0.4, 0.5) is 0 Å². The van der Waals surface area contributed by atoms with E-state index in [0.29, 0.717) is 0 Å². The molecule has 0 radical (unpaired) electrons. The van der Waals surface area contributed by atoms with Crippen molar-refractivity contribution in [2.24, 2.45) is 0 Å². The number of hydrogen-bond acceptors (Lipinski definition) is 3. The van der Waals surface area contributed by atoms with Crippen molar-refractivity contribution in [2.45, 2.75) is 51.1 Å². The molecule has 1 rings (SSSR count). The van der Waals surface area contributed by atoms with Crippen LogP contribution in [0.1, 0.15) is 39.5 Å². The normalized spacial score (nSPS) is 20.6. The molecule has 0 aromatic carbocycles. The Kier molecular flexibility index (Phi) is 5.03. The van der Waals surface area contributed by atoms with E-state index in [4.69, 9.17) is 0 Å². The molecule has 1 unspecified atom stereocenters. The molecule has 3 heteroatoms. The molecule has 3 nitrogen and oxygen atoms in total. The van der Waals surface area contributed by atoms with Crippen molar-refractivity contribution in [3.63, 3.8) is 0 Å². The minimum absolute atomic E-state index is 0.0943. The Hall–Kier alpha value is -0.120. The number of rotatable bonds is 8. The molecular weight excluding hydrogens is 188 g/mol. The maximum absolute atomic E-state index is 9.25. The number of hydrogen-bond donors (Lipinski definition) is 2. The van der Waals surface area contributed by atoms with Crippen molar-refractivity contribution < 1.29 is 5.11 Å². The van der Waals surface area contributed by atoms with Gasteiger partial charge in [0.15, 0.2) is 0 Å². The molecule has 15 heavy (non-hydrogen) atoms. The van der Waals surface area contributed by atoms with Crippen molar-refractivity contribution in [1.29, 1.82) is 0 Å². The van der Waals surface area contributed by atoms with Crippen molar-refractivity contribution >= 4 is 0 Å². The van der Waals surface area contributed by atoms with Crippen LogP contribution in [0, 0.1) is 0 Å². The zero-order valence-corrected chi connectivity index (χ0v) is 10.4. The molecule has 0 spiro atoms. The van der Waals surface area contributed by atoms with Crippen LogP contribution in [0.5, 0.6) is 0 Å². The highest BCUT2D eigenvalue weighted by Gasteiger charge is 2.28. The van der Waals surface area contributed by atoms with E-state index in [0.717, 1.165) is 12.5 Å². The fourth-order valence-electron chi connectivity index (χ4n) is 1.99. The number of nitrogens with zero attached hydrogens (tertiary/aromatic N) is 1. The molecule has 0 aromatic rings.